The Labute approximate surface area is 108 Å². The molecular weight excluding hydrogens is 258 g/mol. The lowest BCUT2D eigenvalue weighted by Gasteiger charge is -2.21. The first kappa shape index (κ1) is 15.4. The van der Waals surface area contributed by atoms with E-state index >= 15 is 0 Å². The highest BCUT2D eigenvalue weighted by Gasteiger charge is 2.31. The Morgan fingerprint density at radius 3 is 2.67 bits per heavy atom. The molecule has 0 bridgehead atoms. The molecular formula is C11H21NO5S. The normalized spacial score (nSPS) is 26.6. The average molecular weight is 279 g/mol. The van der Waals surface area contributed by atoms with Crippen LogP contribution >= 0.6 is 0 Å². The van der Waals surface area contributed by atoms with Crippen LogP contribution in [0.25, 0.3) is 0 Å². The quantitative estimate of drug-likeness (QED) is 0.739. The van der Waals surface area contributed by atoms with E-state index in [9.17, 15) is 18.3 Å². The summed E-state index contributed by atoms with van der Waals surface area (Å²) in [4.78, 5) is 11.2. The Bertz CT molecular complexity index is 390. The van der Waals surface area contributed by atoms with Crippen molar-refractivity contribution in [3.8, 4) is 0 Å². The highest BCUT2D eigenvalue weighted by atomic mass is 32.2. The Hall–Kier alpha value is -0.660. The van der Waals surface area contributed by atoms with Crippen molar-refractivity contribution < 1.29 is 23.1 Å². The average Bonchev–Trinajstić information content (AvgIpc) is 2.39. The smallest absolute Gasteiger partial charge is 0.322 e. The van der Waals surface area contributed by atoms with Crippen LogP contribution in [0.3, 0.4) is 0 Å². The van der Waals surface area contributed by atoms with Crippen LogP contribution in [0.2, 0.25) is 0 Å². The van der Waals surface area contributed by atoms with E-state index in [1.807, 2.05) is 0 Å². The maximum Gasteiger partial charge on any atom is 0.322 e. The number of hydrogen-bond acceptors (Lipinski definition) is 5. The van der Waals surface area contributed by atoms with Gasteiger partial charge >= 0.3 is 5.97 Å². The maximum absolute atomic E-state index is 12.0. The summed E-state index contributed by atoms with van der Waals surface area (Å²) in [5.74, 6) is -1.35. The van der Waals surface area contributed by atoms with E-state index < -0.39 is 27.3 Å². The molecule has 0 radical (unpaired) electrons. The molecule has 1 heterocycles. The lowest BCUT2D eigenvalue weighted by atomic mass is 9.98. The maximum atomic E-state index is 12.0. The summed E-state index contributed by atoms with van der Waals surface area (Å²) in [6.07, 6.45) is 1.54. The van der Waals surface area contributed by atoms with Gasteiger partial charge in [0.2, 0.25) is 10.0 Å². The first-order valence-electron chi connectivity index (χ1n) is 6.13. The van der Waals surface area contributed by atoms with E-state index in [1.54, 1.807) is 13.8 Å². The summed E-state index contributed by atoms with van der Waals surface area (Å²) in [7, 11) is -3.63. The fourth-order valence-electron chi connectivity index (χ4n) is 1.96. The van der Waals surface area contributed by atoms with Crippen LogP contribution in [0.4, 0.5) is 0 Å². The molecule has 0 saturated carbocycles. The van der Waals surface area contributed by atoms with Crippen LogP contribution in [0.5, 0.6) is 0 Å². The van der Waals surface area contributed by atoms with Crippen LogP contribution in [-0.4, -0.2) is 54.8 Å². The third-order valence-electron chi connectivity index (χ3n) is 3.02. The van der Waals surface area contributed by atoms with Crippen LogP contribution in [0.1, 0.15) is 33.1 Å². The summed E-state index contributed by atoms with van der Waals surface area (Å²) < 4.78 is 29.9. The van der Waals surface area contributed by atoms with Gasteiger partial charge in [0.05, 0.1) is 12.2 Å². The monoisotopic (exact) mass is 279 g/mol. The number of aliphatic hydroxyl groups is 1. The number of carbonyl (C=O) groups excluding carboxylic acids is 1. The van der Waals surface area contributed by atoms with Gasteiger partial charge in [0, 0.05) is 13.1 Å². The lowest BCUT2D eigenvalue weighted by molar-refractivity contribution is -0.140. The summed E-state index contributed by atoms with van der Waals surface area (Å²) in [6, 6.07) is 0. The number of rotatable bonds is 4. The Kier molecular flexibility index (Phi) is 5.12. The zero-order valence-electron chi connectivity index (χ0n) is 10.9. The Morgan fingerprint density at radius 1 is 1.39 bits per heavy atom. The second-order valence-corrected chi connectivity index (χ2v) is 6.78. The number of hydrogen-bond donors (Lipinski definition) is 1. The summed E-state index contributed by atoms with van der Waals surface area (Å²) >= 11 is 0. The van der Waals surface area contributed by atoms with E-state index in [4.69, 9.17) is 0 Å². The first-order valence-corrected chi connectivity index (χ1v) is 7.73. The van der Waals surface area contributed by atoms with Gasteiger partial charge in [-0.25, -0.2) is 12.7 Å². The molecule has 1 saturated heterocycles. The molecule has 0 amide bonds. The SMILES string of the molecule is CCOC(=O)CS(=O)(=O)N1CCCC(C)(O)CC1. The standard InChI is InChI=1S/C11H21NO5S/c1-3-17-10(13)9-18(15,16)12-7-4-5-11(2,14)6-8-12/h14H,3-9H2,1-2H3. The highest BCUT2D eigenvalue weighted by molar-refractivity contribution is 7.89. The minimum atomic E-state index is -3.63. The van der Waals surface area contributed by atoms with Gasteiger partial charge < -0.3 is 9.84 Å². The minimum absolute atomic E-state index is 0.170. The van der Waals surface area contributed by atoms with Gasteiger partial charge in [-0.15, -0.1) is 0 Å². The summed E-state index contributed by atoms with van der Waals surface area (Å²) in [6.45, 7) is 4.10. The topological polar surface area (TPSA) is 83.9 Å². The second-order valence-electron chi connectivity index (χ2n) is 4.81. The lowest BCUT2D eigenvalue weighted by Crippen LogP contribution is -2.37. The van der Waals surface area contributed by atoms with Gasteiger partial charge in [-0.1, -0.05) is 0 Å². The van der Waals surface area contributed by atoms with Crippen LogP contribution < -0.4 is 0 Å². The van der Waals surface area contributed by atoms with E-state index in [0.29, 0.717) is 25.8 Å². The third-order valence-corrected chi connectivity index (χ3v) is 4.77. The van der Waals surface area contributed by atoms with Gasteiger partial charge in [0.15, 0.2) is 5.75 Å². The van der Waals surface area contributed by atoms with E-state index in [1.165, 1.54) is 4.31 Å². The fraction of sp³-hybridized carbons (Fsp3) is 0.909. The molecule has 0 aromatic heterocycles. The molecule has 1 aliphatic rings. The molecule has 0 aromatic carbocycles. The highest BCUT2D eigenvalue weighted by Crippen LogP contribution is 2.23. The van der Waals surface area contributed by atoms with E-state index in [0.717, 1.165) is 0 Å². The summed E-state index contributed by atoms with van der Waals surface area (Å²) in [5, 5.41) is 9.89. The fourth-order valence-corrected chi connectivity index (χ4v) is 3.30. The van der Waals surface area contributed by atoms with Crippen molar-refractivity contribution in [2.75, 3.05) is 25.4 Å². The largest absolute Gasteiger partial charge is 0.465 e. The molecule has 106 valence electrons. The van der Waals surface area contributed by atoms with E-state index in [2.05, 4.69) is 4.74 Å². The van der Waals surface area contributed by atoms with Crippen LogP contribution in [0, 0.1) is 0 Å². The number of sulfonamides is 1. The molecule has 6 nitrogen and oxygen atoms in total. The molecule has 7 heteroatoms. The van der Waals surface area contributed by atoms with Crippen LogP contribution in [-0.2, 0) is 19.6 Å². The van der Waals surface area contributed by atoms with Gasteiger partial charge in [0.25, 0.3) is 0 Å². The molecule has 1 fully saturated rings. The number of ether oxygens (including phenoxy) is 1. The van der Waals surface area contributed by atoms with Crippen molar-refractivity contribution in [3.63, 3.8) is 0 Å². The zero-order valence-corrected chi connectivity index (χ0v) is 11.7. The van der Waals surface area contributed by atoms with Crippen molar-refractivity contribution in [1.82, 2.24) is 4.31 Å². The molecule has 1 N–H and O–H groups in total. The van der Waals surface area contributed by atoms with Gasteiger partial charge in [-0.3, -0.25) is 4.79 Å². The molecule has 1 atom stereocenters. The molecule has 1 aliphatic heterocycles. The first-order chi connectivity index (χ1) is 8.27. The van der Waals surface area contributed by atoms with Gasteiger partial charge in [0.1, 0.15) is 0 Å². The Morgan fingerprint density at radius 2 is 2.06 bits per heavy atom. The second kappa shape index (κ2) is 5.99. The van der Waals surface area contributed by atoms with Crippen LogP contribution in [0.15, 0.2) is 0 Å². The predicted molar refractivity (Wildman–Crippen MR) is 66.5 cm³/mol. The van der Waals surface area contributed by atoms with Crippen molar-refractivity contribution in [2.24, 2.45) is 0 Å². The minimum Gasteiger partial charge on any atom is -0.465 e. The predicted octanol–water partition coefficient (Wildman–Crippen LogP) is 0.116. The zero-order chi connectivity index (χ0) is 13.8. The molecule has 18 heavy (non-hydrogen) atoms. The molecule has 0 aromatic rings. The number of carbonyl (C=O) groups is 1. The number of nitrogens with zero attached hydrogens (tertiary/aromatic N) is 1. The Balaban J connectivity index is 2.65. The molecule has 0 spiro atoms. The number of esters is 1. The van der Waals surface area contributed by atoms with Gasteiger partial charge in [-0.2, -0.15) is 0 Å². The summed E-state index contributed by atoms with van der Waals surface area (Å²) in [5.41, 5.74) is -0.825. The molecule has 1 unspecified atom stereocenters. The van der Waals surface area contributed by atoms with Crippen molar-refractivity contribution >= 4 is 16.0 Å². The molecule has 0 aliphatic carbocycles. The van der Waals surface area contributed by atoms with Gasteiger partial charge in [-0.05, 0) is 33.1 Å². The van der Waals surface area contributed by atoms with E-state index in [-0.39, 0.29) is 13.2 Å². The third kappa shape index (κ3) is 4.55. The van der Waals surface area contributed by atoms with Crippen molar-refractivity contribution in [3.05, 3.63) is 0 Å². The molecule has 1 rings (SSSR count). The van der Waals surface area contributed by atoms with Crippen molar-refractivity contribution in [1.29, 1.82) is 0 Å². The van der Waals surface area contributed by atoms with Crippen molar-refractivity contribution in [2.45, 2.75) is 38.7 Å².